The molecule has 230 valence electrons. The van der Waals surface area contributed by atoms with E-state index >= 15 is 0 Å². The second kappa shape index (κ2) is 22.9. The first-order valence-corrected chi connectivity index (χ1v) is 15.0. The molecule has 0 fully saturated rings. The minimum atomic E-state index is -1.20. The van der Waals surface area contributed by atoms with E-state index in [-0.39, 0.29) is 17.2 Å². The predicted octanol–water partition coefficient (Wildman–Crippen LogP) is 7.76. The Bertz CT molecular complexity index is 1080. The Morgan fingerprint density at radius 2 is 1.38 bits per heavy atom. The van der Waals surface area contributed by atoms with Crippen LogP contribution in [0, 0.1) is 5.92 Å². The number of allylic oxidation sites excluding steroid dienone is 9. The Balaban J connectivity index is 2.44. The molecule has 7 nitrogen and oxygen atoms in total. The number of nitrogens with one attached hydrogen (secondary N) is 1. The van der Waals surface area contributed by atoms with Crippen LogP contribution in [-0.4, -0.2) is 41.7 Å². The summed E-state index contributed by atoms with van der Waals surface area (Å²) in [6, 6.07) is 4.99. The van der Waals surface area contributed by atoms with Crippen LogP contribution < -0.4 is 10.1 Å². The molecule has 2 atom stereocenters. The summed E-state index contributed by atoms with van der Waals surface area (Å²) in [5.41, 5.74) is -0.120. The Morgan fingerprint density at radius 3 is 1.90 bits per heavy atom. The summed E-state index contributed by atoms with van der Waals surface area (Å²) in [5, 5.41) is 12.1. The number of benzene rings is 1. The van der Waals surface area contributed by atoms with Crippen LogP contribution in [0.15, 0.2) is 85.0 Å². The van der Waals surface area contributed by atoms with E-state index in [0.29, 0.717) is 25.9 Å². The van der Waals surface area contributed by atoms with Gasteiger partial charge in [0.2, 0.25) is 5.91 Å². The number of carboxylic acids is 1. The molecule has 7 heteroatoms. The monoisotopic (exact) mass is 579 g/mol. The van der Waals surface area contributed by atoms with Crippen LogP contribution in [-0.2, 0) is 14.3 Å². The number of aromatic carboxylic acids is 1. The highest BCUT2D eigenvalue weighted by Gasteiger charge is 2.28. The number of ether oxygens (including phenoxy) is 2. The van der Waals surface area contributed by atoms with Crippen molar-refractivity contribution in [2.45, 2.75) is 91.2 Å². The summed E-state index contributed by atoms with van der Waals surface area (Å²) in [4.78, 5) is 37.3. The van der Waals surface area contributed by atoms with Crippen molar-refractivity contribution >= 4 is 17.8 Å². The molecule has 0 aliphatic rings. The number of rotatable bonds is 21. The number of hydrogen-bond donors (Lipinski definition) is 2. The van der Waals surface area contributed by atoms with Crippen LogP contribution in [0.3, 0.4) is 0 Å². The first-order valence-electron chi connectivity index (χ1n) is 15.0. The van der Waals surface area contributed by atoms with Gasteiger partial charge in [-0.25, -0.2) is 9.59 Å². The fourth-order valence-electron chi connectivity index (χ4n) is 3.89. The van der Waals surface area contributed by atoms with E-state index in [9.17, 15) is 19.5 Å². The van der Waals surface area contributed by atoms with E-state index in [2.05, 4.69) is 66.9 Å². The molecule has 1 aromatic carbocycles. The van der Waals surface area contributed by atoms with Gasteiger partial charge in [-0.1, -0.05) is 101 Å². The topological polar surface area (TPSA) is 102 Å². The number of para-hydroxylation sites is 1. The molecular formula is C35H49NO6. The highest BCUT2D eigenvalue weighted by atomic mass is 16.5. The lowest BCUT2D eigenvalue weighted by Gasteiger charge is -2.22. The van der Waals surface area contributed by atoms with Crippen molar-refractivity contribution in [3.63, 3.8) is 0 Å². The van der Waals surface area contributed by atoms with Gasteiger partial charge in [-0.05, 0) is 69.4 Å². The highest BCUT2D eigenvalue weighted by Crippen LogP contribution is 2.19. The van der Waals surface area contributed by atoms with Gasteiger partial charge in [0.15, 0.2) is 0 Å². The van der Waals surface area contributed by atoms with Crippen molar-refractivity contribution in [2.24, 2.45) is 5.92 Å². The fraction of sp³-hybridized carbons (Fsp3) is 0.457. The zero-order chi connectivity index (χ0) is 31.0. The molecule has 0 bridgehead atoms. The molecule has 1 aromatic rings. The molecule has 0 heterocycles. The van der Waals surface area contributed by atoms with Crippen LogP contribution in [0.2, 0.25) is 0 Å². The second-order valence-corrected chi connectivity index (χ2v) is 10.2. The summed E-state index contributed by atoms with van der Waals surface area (Å²) in [7, 11) is 0. The van der Waals surface area contributed by atoms with Gasteiger partial charge >= 0.3 is 11.9 Å². The molecule has 1 rings (SSSR count). The molecule has 0 saturated heterocycles. The van der Waals surface area contributed by atoms with Gasteiger partial charge in [0, 0.05) is 0 Å². The normalized spacial score (nSPS) is 13.6. The third-order valence-electron chi connectivity index (χ3n) is 6.06. The van der Waals surface area contributed by atoms with Gasteiger partial charge < -0.3 is 19.9 Å². The van der Waals surface area contributed by atoms with Gasteiger partial charge in [-0.2, -0.15) is 0 Å². The molecule has 2 unspecified atom stereocenters. The number of amides is 1. The molecule has 1 amide bonds. The van der Waals surface area contributed by atoms with Gasteiger partial charge in [0.05, 0.1) is 6.61 Å². The minimum absolute atomic E-state index is 0.0571. The Morgan fingerprint density at radius 1 is 0.833 bits per heavy atom. The minimum Gasteiger partial charge on any atom is -0.478 e. The van der Waals surface area contributed by atoms with Crippen LogP contribution in [0.5, 0.6) is 5.75 Å². The van der Waals surface area contributed by atoms with E-state index in [1.54, 1.807) is 12.1 Å². The second-order valence-electron chi connectivity index (χ2n) is 10.2. The molecule has 0 saturated carbocycles. The van der Waals surface area contributed by atoms with Crippen LogP contribution >= 0.6 is 0 Å². The van der Waals surface area contributed by atoms with Crippen molar-refractivity contribution in [1.82, 2.24) is 5.32 Å². The smallest absolute Gasteiger partial charge is 0.339 e. The number of carbonyl (C=O) groups excluding carboxylic acids is 2. The largest absolute Gasteiger partial charge is 0.478 e. The summed E-state index contributed by atoms with van der Waals surface area (Å²) >= 11 is 0. The van der Waals surface area contributed by atoms with Crippen molar-refractivity contribution in [1.29, 1.82) is 0 Å². The first-order chi connectivity index (χ1) is 20.3. The average molecular weight is 580 g/mol. The number of carbonyl (C=O) groups is 3. The zero-order valence-corrected chi connectivity index (χ0v) is 25.7. The fourth-order valence-corrected chi connectivity index (χ4v) is 3.89. The SMILES string of the molecule is CCC=CCC=CCC=CCC=CCC=CCCOC(CC)C(=O)NC(CC(C)C)C(=O)Oc1ccccc1C(=O)O. The maximum absolute atomic E-state index is 12.9. The van der Waals surface area contributed by atoms with E-state index < -0.39 is 30.0 Å². The van der Waals surface area contributed by atoms with Gasteiger partial charge in [-0.15, -0.1) is 0 Å². The predicted molar refractivity (Wildman–Crippen MR) is 170 cm³/mol. The van der Waals surface area contributed by atoms with E-state index in [1.165, 1.54) is 12.1 Å². The van der Waals surface area contributed by atoms with Crippen molar-refractivity contribution in [3.8, 4) is 5.75 Å². The number of esters is 1. The van der Waals surface area contributed by atoms with Crippen molar-refractivity contribution in [2.75, 3.05) is 6.61 Å². The third kappa shape index (κ3) is 16.5. The number of hydrogen-bond acceptors (Lipinski definition) is 5. The van der Waals surface area contributed by atoms with Crippen LogP contribution in [0.4, 0.5) is 0 Å². The van der Waals surface area contributed by atoms with Crippen molar-refractivity contribution < 1.29 is 29.0 Å². The average Bonchev–Trinajstić information content (AvgIpc) is 2.96. The molecular weight excluding hydrogens is 530 g/mol. The quantitative estimate of drug-likeness (QED) is 0.0668. The van der Waals surface area contributed by atoms with Crippen LogP contribution in [0.25, 0.3) is 0 Å². The molecule has 0 aromatic heterocycles. The van der Waals surface area contributed by atoms with Gasteiger partial charge in [0.1, 0.15) is 23.5 Å². The summed E-state index contributed by atoms with van der Waals surface area (Å²) in [5.74, 6) is -2.27. The molecule has 42 heavy (non-hydrogen) atoms. The maximum atomic E-state index is 12.9. The molecule has 0 aliphatic heterocycles. The Kier molecular flexibility index (Phi) is 19.8. The first kappa shape index (κ1) is 36.3. The molecule has 0 aliphatic carbocycles. The van der Waals surface area contributed by atoms with E-state index in [1.807, 2.05) is 26.8 Å². The van der Waals surface area contributed by atoms with Gasteiger partial charge in [0.25, 0.3) is 0 Å². The Hall–Kier alpha value is -3.71. The van der Waals surface area contributed by atoms with Gasteiger partial charge in [-0.3, -0.25) is 4.79 Å². The Labute approximate surface area is 252 Å². The third-order valence-corrected chi connectivity index (χ3v) is 6.06. The zero-order valence-electron chi connectivity index (χ0n) is 25.7. The molecule has 0 radical (unpaired) electrons. The summed E-state index contributed by atoms with van der Waals surface area (Å²) < 4.78 is 11.2. The highest BCUT2D eigenvalue weighted by molar-refractivity contribution is 5.93. The van der Waals surface area contributed by atoms with E-state index in [0.717, 1.165) is 32.1 Å². The number of carboxylic acid groups (broad SMARTS) is 1. The lowest BCUT2D eigenvalue weighted by atomic mass is 10.0. The van der Waals surface area contributed by atoms with Crippen LogP contribution in [0.1, 0.15) is 89.4 Å². The summed E-state index contributed by atoms with van der Waals surface area (Å²) in [6.07, 6.45) is 26.9. The lowest BCUT2D eigenvalue weighted by Crippen LogP contribution is -2.48. The standard InChI is InChI=1S/C35H49NO6/c1-5-7-8-9-10-11-12-13-14-15-16-17-18-19-20-23-26-41-31(6-2)33(37)36-30(27-28(3)4)35(40)42-32-25-22-21-24-29(32)34(38)39/h7-8,10-11,13-14,16-17,19-22,24-25,28,30-31H,5-6,9,12,15,18,23,26-27H2,1-4H3,(H,36,37)(H,38,39). The van der Waals surface area contributed by atoms with E-state index in [4.69, 9.17) is 9.47 Å². The molecule has 2 N–H and O–H groups in total. The lowest BCUT2D eigenvalue weighted by molar-refractivity contribution is -0.143. The summed E-state index contributed by atoms with van der Waals surface area (Å²) in [6.45, 7) is 8.21. The van der Waals surface area contributed by atoms with Crippen molar-refractivity contribution in [3.05, 3.63) is 90.6 Å². The maximum Gasteiger partial charge on any atom is 0.339 e. The molecule has 0 spiro atoms.